The van der Waals surface area contributed by atoms with Crippen molar-refractivity contribution in [1.29, 1.82) is 0 Å². The van der Waals surface area contributed by atoms with Crippen LogP contribution in [0.5, 0.6) is 5.75 Å². The van der Waals surface area contributed by atoms with Gasteiger partial charge in [0.05, 0.1) is 15.6 Å². The fourth-order valence-electron chi connectivity index (χ4n) is 1.41. The van der Waals surface area contributed by atoms with Gasteiger partial charge in [0, 0.05) is 12.2 Å². The summed E-state index contributed by atoms with van der Waals surface area (Å²) < 4.78 is 12.6. The summed E-state index contributed by atoms with van der Waals surface area (Å²) in [4.78, 5) is 10.7. The molecule has 0 aliphatic heterocycles. The van der Waals surface area contributed by atoms with Gasteiger partial charge < -0.3 is 9.47 Å². The number of halogens is 2. The van der Waals surface area contributed by atoms with Crippen molar-refractivity contribution in [1.82, 2.24) is 0 Å². The van der Waals surface area contributed by atoms with Crippen molar-refractivity contribution in [2.75, 3.05) is 19.8 Å². The molecule has 19 heavy (non-hydrogen) atoms. The monoisotopic (exact) mass is 392 g/mol. The van der Waals surface area contributed by atoms with Crippen molar-refractivity contribution < 1.29 is 14.3 Å². The number of carbonyl (C=O) groups excluding carboxylic acids is 1. The summed E-state index contributed by atoms with van der Waals surface area (Å²) in [5, 5.41) is 0. The maximum atomic E-state index is 10.7. The van der Waals surface area contributed by atoms with Crippen LogP contribution < -0.4 is 4.74 Å². The highest BCUT2D eigenvalue weighted by atomic mass is 79.9. The SMILES string of the molecule is CC(C)CCOCCOc1c(Br)cc(C=O)cc1Br. The summed E-state index contributed by atoms with van der Waals surface area (Å²) in [5.41, 5.74) is 0.597. The molecule has 0 atom stereocenters. The first-order valence-corrected chi connectivity index (χ1v) is 7.78. The van der Waals surface area contributed by atoms with E-state index in [0.717, 1.165) is 28.3 Å². The molecule has 0 aromatic heterocycles. The molecular formula is C14H18Br2O3. The van der Waals surface area contributed by atoms with Gasteiger partial charge in [0.1, 0.15) is 18.6 Å². The van der Waals surface area contributed by atoms with Crippen molar-refractivity contribution in [3.63, 3.8) is 0 Å². The normalized spacial score (nSPS) is 10.8. The average Bonchev–Trinajstić information content (AvgIpc) is 2.35. The fraction of sp³-hybridized carbons (Fsp3) is 0.500. The third kappa shape index (κ3) is 6.06. The lowest BCUT2D eigenvalue weighted by atomic mass is 10.1. The van der Waals surface area contributed by atoms with Crippen LogP contribution in [0.3, 0.4) is 0 Å². The van der Waals surface area contributed by atoms with Gasteiger partial charge in [-0.15, -0.1) is 0 Å². The summed E-state index contributed by atoms with van der Waals surface area (Å²) >= 11 is 6.77. The number of hydrogen-bond acceptors (Lipinski definition) is 3. The van der Waals surface area contributed by atoms with Crippen molar-refractivity contribution in [3.8, 4) is 5.75 Å². The summed E-state index contributed by atoms with van der Waals surface area (Å²) in [6.45, 7) is 6.13. The molecule has 0 unspecified atom stereocenters. The maximum absolute atomic E-state index is 10.7. The fourth-order valence-corrected chi connectivity index (χ4v) is 2.86. The van der Waals surface area contributed by atoms with Crippen LogP contribution in [-0.4, -0.2) is 26.1 Å². The molecule has 1 rings (SSSR count). The molecule has 1 aromatic carbocycles. The van der Waals surface area contributed by atoms with E-state index in [2.05, 4.69) is 45.7 Å². The summed E-state index contributed by atoms with van der Waals surface area (Å²) in [6.07, 6.45) is 1.86. The van der Waals surface area contributed by atoms with Gasteiger partial charge in [0.15, 0.2) is 0 Å². The maximum Gasteiger partial charge on any atom is 0.150 e. The number of benzene rings is 1. The third-order valence-electron chi connectivity index (χ3n) is 2.47. The van der Waals surface area contributed by atoms with E-state index in [1.165, 1.54) is 0 Å². The molecular weight excluding hydrogens is 376 g/mol. The quantitative estimate of drug-likeness (QED) is 0.483. The largest absolute Gasteiger partial charge is 0.489 e. The second-order valence-electron chi connectivity index (χ2n) is 4.57. The molecule has 0 saturated heterocycles. The van der Waals surface area contributed by atoms with E-state index >= 15 is 0 Å². The van der Waals surface area contributed by atoms with Gasteiger partial charge >= 0.3 is 0 Å². The summed E-state index contributed by atoms with van der Waals surface area (Å²) in [5.74, 6) is 1.35. The van der Waals surface area contributed by atoms with Crippen molar-refractivity contribution >= 4 is 38.1 Å². The standard InChI is InChI=1S/C14H18Br2O3/c1-10(2)3-4-18-5-6-19-14-12(15)7-11(9-17)8-13(14)16/h7-10H,3-6H2,1-2H3. The van der Waals surface area contributed by atoms with E-state index < -0.39 is 0 Å². The Morgan fingerprint density at radius 1 is 1.16 bits per heavy atom. The van der Waals surface area contributed by atoms with Crippen LogP contribution in [0.4, 0.5) is 0 Å². The molecule has 0 N–H and O–H groups in total. The summed E-state index contributed by atoms with van der Waals surface area (Å²) in [6, 6.07) is 3.46. The smallest absolute Gasteiger partial charge is 0.150 e. The van der Waals surface area contributed by atoms with E-state index in [1.807, 2.05) is 0 Å². The Balaban J connectivity index is 2.39. The molecule has 0 heterocycles. The number of aldehydes is 1. The zero-order chi connectivity index (χ0) is 14.3. The predicted octanol–water partition coefficient (Wildman–Crippen LogP) is 4.47. The molecule has 0 radical (unpaired) electrons. The number of ether oxygens (including phenoxy) is 2. The van der Waals surface area contributed by atoms with Gasteiger partial charge in [0.2, 0.25) is 0 Å². The van der Waals surface area contributed by atoms with Crippen molar-refractivity contribution in [2.24, 2.45) is 5.92 Å². The van der Waals surface area contributed by atoms with E-state index in [1.54, 1.807) is 12.1 Å². The molecule has 0 amide bonds. The van der Waals surface area contributed by atoms with Crippen molar-refractivity contribution in [2.45, 2.75) is 20.3 Å². The molecule has 0 saturated carbocycles. The summed E-state index contributed by atoms with van der Waals surface area (Å²) in [7, 11) is 0. The van der Waals surface area contributed by atoms with Crippen LogP contribution in [0, 0.1) is 5.92 Å². The van der Waals surface area contributed by atoms with Gasteiger partial charge in [-0.1, -0.05) is 13.8 Å². The number of rotatable bonds is 8. The van der Waals surface area contributed by atoms with Crippen LogP contribution in [0.2, 0.25) is 0 Å². The minimum atomic E-state index is 0.482. The van der Waals surface area contributed by atoms with Gasteiger partial charge in [-0.05, 0) is 56.3 Å². The lowest BCUT2D eigenvalue weighted by molar-refractivity contribution is 0.0921. The molecule has 0 aliphatic rings. The van der Waals surface area contributed by atoms with Crippen LogP contribution >= 0.6 is 31.9 Å². The second kappa shape index (κ2) is 8.72. The van der Waals surface area contributed by atoms with E-state index in [4.69, 9.17) is 9.47 Å². The minimum Gasteiger partial charge on any atom is -0.489 e. The minimum absolute atomic E-state index is 0.482. The number of hydrogen-bond donors (Lipinski definition) is 0. The lowest BCUT2D eigenvalue weighted by Gasteiger charge is -2.11. The molecule has 0 aliphatic carbocycles. The topological polar surface area (TPSA) is 35.5 Å². The first-order chi connectivity index (χ1) is 9.04. The third-order valence-corrected chi connectivity index (χ3v) is 3.65. The van der Waals surface area contributed by atoms with Gasteiger partial charge in [0.25, 0.3) is 0 Å². The van der Waals surface area contributed by atoms with Crippen LogP contribution in [0.15, 0.2) is 21.1 Å². The number of carbonyl (C=O) groups is 1. The molecule has 3 nitrogen and oxygen atoms in total. The zero-order valence-corrected chi connectivity index (χ0v) is 14.3. The molecule has 1 aromatic rings. The average molecular weight is 394 g/mol. The molecule has 5 heteroatoms. The van der Waals surface area contributed by atoms with Gasteiger partial charge in [-0.2, -0.15) is 0 Å². The van der Waals surface area contributed by atoms with Gasteiger partial charge in [-0.25, -0.2) is 0 Å². The highest BCUT2D eigenvalue weighted by Gasteiger charge is 2.08. The Labute approximate surface area is 130 Å². The Morgan fingerprint density at radius 2 is 1.79 bits per heavy atom. The van der Waals surface area contributed by atoms with E-state index in [9.17, 15) is 4.79 Å². The first kappa shape index (κ1) is 16.7. The Bertz CT molecular complexity index is 396. The first-order valence-electron chi connectivity index (χ1n) is 6.19. The van der Waals surface area contributed by atoms with E-state index in [0.29, 0.717) is 30.4 Å². The Kier molecular flexibility index (Phi) is 7.64. The van der Waals surface area contributed by atoms with Crippen molar-refractivity contribution in [3.05, 3.63) is 26.6 Å². The second-order valence-corrected chi connectivity index (χ2v) is 6.28. The van der Waals surface area contributed by atoms with Crippen LogP contribution in [-0.2, 0) is 4.74 Å². The molecule has 0 spiro atoms. The van der Waals surface area contributed by atoms with Crippen LogP contribution in [0.1, 0.15) is 30.6 Å². The predicted molar refractivity (Wildman–Crippen MR) is 83.0 cm³/mol. The molecule has 106 valence electrons. The molecule has 0 bridgehead atoms. The highest BCUT2D eigenvalue weighted by Crippen LogP contribution is 2.34. The lowest BCUT2D eigenvalue weighted by Crippen LogP contribution is -2.09. The Hall–Kier alpha value is -0.390. The molecule has 0 fully saturated rings. The van der Waals surface area contributed by atoms with E-state index in [-0.39, 0.29) is 0 Å². The van der Waals surface area contributed by atoms with Gasteiger partial charge in [-0.3, -0.25) is 4.79 Å². The highest BCUT2D eigenvalue weighted by molar-refractivity contribution is 9.11. The Morgan fingerprint density at radius 3 is 2.32 bits per heavy atom. The zero-order valence-electron chi connectivity index (χ0n) is 11.1. The van der Waals surface area contributed by atoms with Crippen LogP contribution in [0.25, 0.3) is 0 Å².